The average Bonchev–Trinajstić information content (AvgIpc) is 2.83. The monoisotopic (exact) mass is 302 g/mol. The van der Waals surface area contributed by atoms with E-state index in [0.29, 0.717) is 6.54 Å². The summed E-state index contributed by atoms with van der Waals surface area (Å²) >= 11 is 0. The number of nitrogens with zero attached hydrogens (tertiary/aromatic N) is 1. The molecule has 1 aliphatic heterocycles. The molecule has 2 N–H and O–H groups in total. The second-order valence-electron chi connectivity index (χ2n) is 5.40. The Morgan fingerprint density at radius 2 is 1.90 bits per heavy atom. The molecular formula is C16H18N2O2S. The molecule has 4 nitrogen and oxygen atoms in total. The first-order valence-electron chi connectivity index (χ1n) is 6.91. The predicted octanol–water partition coefficient (Wildman–Crippen LogP) is 2.21. The van der Waals surface area contributed by atoms with Crippen molar-refractivity contribution in [3.05, 3.63) is 59.2 Å². The number of hydrogen-bond acceptors (Lipinski definition) is 3. The number of primary sulfonamides is 1. The topological polar surface area (TPSA) is 63.4 Å². The maximum Gasteiger partial charge on any atom is 0.238 e. The zero-order valence-electron chi connectivity index (χ0n) is 11.9. The third-order valence-corrected chi connectivity index (χ3v) is 5.01. The van der Waals surface area contributed by atoms with Crippen molar-refractivity contribution in [3.8, 4) is 0 Å². The molecule has 0 spiro atoms. The second kappa shape index (κ2) is 5.16. The Balaban J connectivity index is 1.96. The lowest BCUT2D eigenvalue weighted by atomic mass is 10.1. The van der Waals surface area contributed by atoms with Crippen LogP contribution in [0, 0.1) is 6.92 Å². The van der Waals surface area contributed by atoms with E-state index < -0.39 is 10.0 Å². The van der Waals surface area contributed by atoms with Gasteiger partial charge in [0.15, 0.2) is 0 Å². The molecular weight excluding hydrogens is 284 g/mol. The lowest BCUT2D eigenvalue weighted by molar-refractivity contribution is 0.596. The van der Waals surface area contributed by atoms with E-state index in [2.05, 4.69) is 24.0 Å². The van der Waals surface area contributed by atoms with Gasteiger partial charge in [-0.15, -0.1) is 0 Å². The fourth-order valence-corrected chi connectivity index (χ4v) is 3.72. The summed E-state index contributed by atoms with van der Waals surface area (Å²) in [6.45, 7) is 3.57. The summed E-state index contributed by atoms with van der Waals surface area (Å²) < 4.78 is 23.4. The lowest BCUT2D eigenvalue weighted by Crippen LogP contribution is -2.22. The average molecular weight is 302 g/mol. The van der Waals surface area contributed by atoms with Crippen LogP contribution >= 0.6 is 0 Å². The molecule has 110 valence electrons. The third-order valence-electron chi connectivity index (χ3n) is 4.00. The molecule has 0 unspecified atom stereocenters. The number of nitrogens with two attached hydrogens (primary N) is 1. The van der Waals surface area contributed by atoms with Crippen LogP contribution in [0.4, 0.5) is 5.69 Å². The lowest BCUT2D eigenvalue weighted by Gasteiger charge is -2.21. The van der Waals surface area contributed by atoms with E-state index in [4.69, 9.17) is 5.14 Å². The zero-order valence-corrected chi connectivity index (χ0v) is 12.7. The molecule has 3 rings (SSSR count). The van der Waals surface area contributed by atoms with Gasteiger partial charge >= 0.3 is 0 Å². The van der Waals surface area contributed by atoms with Gasteiger partial charge in [-0.3, -0.25) is 0 Å². The van der Waals surface area contributed by atoms with Crippen molar-refractivity contribution < 1.29 is 8.42 Å². The van der Waals surface area contributed by atoms with Crippen LogP contribution in [0.5, 0.6) is 0 Å². The van der Waals surface area contributed by atoms with Gasteiger partial charge in [0.05, 0.1) is 4.90 Å². The molecule has 0 aromatic heterocycles. The molecule has 1 heterocycles. The molecule has 0 amide bonds. The van der Waals surface area contributed by atoms with E-state index in [1.165, 1.54) is 16.8 Å². The molecule has 0 atom stereocenters. The minimum Gasteiger partial charge on any atom is -0.367 e. The van der Waals surface area contributed by atoms with Crippen molar-refractivity contribution in [2.75, 3.05) is 11.4 Å². The van der Waals surface area contributed by atoms with Crippen molar-refractivity contribution >= 4 is 15.7 Å². The van der Waals surface area contributed by atoms with Crippen LogP contribution in [-0.4, -0.2) is 15.0 Å². The van der Waals surface area contributed by atoms with Gasteiger partial charge in [0.2, 0.25) is 10.0 Å². The number of hydrogen-bond donors (Lipinski definition) is 1. The van der Waals surface area contributed by atoms with E-state index in [1.807, 2.05) is 18.2 Å². The summed E-state index contributed by atoms with van der Waals surface area (Å²) in [6, 6.07) is 13.2. The van der Waals surface area contributed by atoms with Gasteiger partial charge in [-0.05, 0) is 42.2 Å². The second-order valence-corrected chi connectivity index (χ2v) is 6.93. The molecule has 0 saturated heterocycles. The quantitative estimate of drug-likeness (QED) is 0.945. The molecule has 0 radical (unpaired) electrons. The van der Waals surface area contributed by atoms with Crippen molar-refractivity contribution in [1.29, 1.82) is 0 Å². The smallest absolute Gasteiger partial charge is 0.238 e. The van der Waals surface area contributed by atoms with Crippen LogP contribution in [0.2, 0.25) is 0 Å². The van der Waals surface area contributed by atoms with Crippen molar-refractivity contribution in [3.63, 3.8) is 0 Å². The van der Waals surface area contributed by atoms with Gasteiger partial charge < -0.3 is 4.90 Å². The highest BCUT2D eigenvalue weighted by Crippen LogP contribution is 2.32. The van der Waals surface area contributed by atoms with E-state index in [1.54, 1.807) is 12.1 Å². The highest BCUT2D eigenvalue weighted by Gasteiger charge is 2.22. The van der Waals surface area contributed by atoms with E-state index in [-0.39, 0.29) is 4.90 Å². The number of rotatable bonds is 3. The molecule has 2 aromatic carbocycles. The van der Waals surface area contributed by atoms with E-state index in [0.717, 1.165) is 18.5 Å². The molecule has 0 fully saturated rings. The number of benzene rings is 2. The summed E-state index contributed by atoms with van der Waals surface area (Å²) in [5, 5.41) is 5.30. The van der Waals surface area contributed by atoms with Crippen LogP contribution in [0.1, 0.15) is 16.7 Å². The molecule has 1 aliphatic rings. The van der Waals surface area contributed by atoms with Crippen LogP contribution < -0.4 is 10.0 Å². The predicted molar refractivity (Wildman–Crippen MR) is 83.7 cm³/mol. The Morgan fingerprint density at radius 3 is 2.67 bits per heavy atom. The van der Waals surface area contributed by atoms with Gasteiger partial charge in [-0.25, -0.2) is 13.6 Å². The number of fused-ring (bicyclic) bond motifs is 1. The number of sulfonamides is 1. The highest BCUT2D eigenvalue weighted by molar-refractivity contribution is 7.89. The molecule has 0 bridgehead atoms. The van der Waals surface area contributed by atoms with E-state index >= 15 is 0 Å². The first-order chi connectivity index (χ1) is 9.97. The van der Waals surface area contributed by atoms with Gasteiger partial charge in [0.25, 0.3) is 0 Å². The van der Waals surface area contributed by atoms with Gasteiger partial charge in [-0.2, -0.15) is 0 Å². The number of aryl methyl sites for hydroxylation is 1. The molecule has 0 aliphatic carbocycles. The summed E-state index contributed by atoms with van der Waals surface area (Å²) in [5.74, 6) is 0. The normalized spacial score (nSPS) is 14.3. The van der Waals surface area contributed by atoms with Crippen LogP contribution in [-0.2, 0) is 23.0 Å². The summed E-state index contributed by atoms with van der Waals surface area (Å²) in [6.07, 6.45) is 1.000. The van der Waals surface area contributed by atoms with Gasteiger partial charge in [-0.1, -0.05) is 30.3 Å². The standard InChI is InChI=1S/C16H18N2O2S/c1-12-5-4-7-15-14(12)9-10-18(15)11-13-6-2-3-8-16(13)21(17,19)20/h2-8H,9-11H2,1H3,(H2,17,19,20). The maximum atomic E-state index is 11.7. The Kier molecular flexibility index (Phi) is 3.47. The Morgan fingerprint density at radius 1 is 1.14 bits per heavy atom. The summed E-state index contributed by atoms with van der Waals surface area (Å²) in [7, 11) is -3.69. The van der Waals surface area contributed by atoms with E-state index in [9.17, 15) is 8.42 Å². The van der Waals surface area contributed by atoms with Gasteiger partial charge in [0.1, 0.15) is 0 Å². The van der Waals surface area contributed by atoms with Crippen LogP contribution in [0.15, 0.2) is 47.4 Å². The molecule has 21 heavy (non-hydrogen) atoms. The largest absolute Gasteiger partial charge is 0.367 e. The van der Waals surface area contributed by atoms with Gasteiger partial charge in [0, 0.05) is 18.8 Å². The molecule has 5 heteroatoms. The molecule has 0 saturated carbocycles. The summed E-state index contributed by atoms with van der Waals surface area (Å²) in [5.41, 5.74) is 4.58. The fraction of sp³-hybridized carbons (Fsp3) is 0.250. The summed E-state index contributed by atoms with van der Waals surface area (Å²) in [4.78, 5) is 2.43. The van der Waals surface area contributed by atoms with Crippen LogP contribution in [0.25, 0.3) is 0 Å². The molecule has 2 aromatic rings. The Hall–Kier alpha value is -1.85. The Bertz CT molecular complexity index is 785. The minimum atomic E-state index is -3.69. The third kappa shape index (κ3) is 2.66. The van der Waals surface area contributed by atoms with Crippen molar-refractivity contribution in [2.24, 2.45) is 5.14 Å². The van der Waals surface area contributed by atoms with Crippen molar-refractivity contribution in [1.82, 2.24) is 0 Å². The maximum absolute atomic E-state index is 11.7. The minimum absolute atomic E-state index is 0.214. The zero-order chi connectivity index (χ0) is 15.0. The van der Waals surface area contributed by atoms with Crippen LogP contribution in [0.3, 0.4) is 0 Å². The Labute approximate surface area is 125 Å². The van der Waals surface area contributed by atoms with Crippen molar-refractivity contribution in [2.45, 2.75) is 24.8 Å². The first-order valence-corrected chi connectivity index (χ1v) is 8.45. The first kappa shape index (κ1) is 14.1. The highest BCUT2D eigenvalue weighted by atomic mass is 32.2. The fourth-order valence-electron chi connectivity index (χ4n) is 2.96. The number of anilines is 1. The SMILES string of the molecule is Cc1cccc2c1CCN2Cc1ccccc1S(N)(=O)=O.